The van der Waals surface area contributed by atoms with E-state index < -0.39 is 59.6 Å². The average molecular weight is 464 g/mol. The lowest BCUT2D eigenvalue weighted by Gasteiger charge is -2.27. The van der Waals surface area contributed by atoms with Crippen molar-refractivity contribution >= 4 is 56.4 Å². The summed E-state index contributed by atoms with van der Waals surface area (Å²) in [4.78, 5) is -3.39. The lowest BCUT2D eigenvalue weighted by atomic mass is 10.1. The fourth-order valence-corrected chi connectivity index (χ4v) is 3.55. The largest absolute Gasteiger partial charge is 0.458 e. The number of allylic oxidation sites excluding steroid dienone is 2. The fraction of sp³-hybridized carbons (Fsp3) is 0.714. The first-order chi connectivity index (χ1) is 9.71. The van der Waals surface area contributed by atoms with Gasteiger partial charge in [0.1, 0.15) is 0 Å². The Morgan fingerprint density at radius 3 is 1.22 bits per heavy atom. The lowest BCUT2D eigenvalue weighted by Crippen LogP contribution is -2.41. The Hall–Kier alpha value is 0.540. The van der Waals surface area contributed by atoms with E-state index in [-0.39, 0.29) is 0 Å². The highest BCUT2D eigenvalue weighted by atomic mass is 35.6. The number of alkyl halides is 14. The summed E-state index contributed by atoms with van der Waals surface area (Å²) >= 11 is 14.8. The van der Waals surface area contributed by atoms with Gasteiger partial charge in [-0.3, -0.25) is 0 Å². The molecule has 0 rings (SSSR count). The summed E-state index contributed by atoms with van der Waals surface area (Å²) in [6.45, 7) is 0. The molecule has 0 aliphatic heterocycles. The van der Waals surface area contributed by atoms with Gasteiger partial charge in [-0.25, -0.2) is 0 Å². The summed E-state index contributed by atoms with van der Waals surface area (Å²) in [5, 5.41) is 0. The molecule has 0 saturated carbocycles. The zero-order chi connectivity index (χ0) is 19.1. The molecular formula is C7Cl3F11S2. The third-order valence-corrected chi connectivity index (χ3v) is 5.57. The Bertz CT molecular complexity index is 440. The summed E-state index contributed by atoms with van der Waals surface area (Å²) in [5.74, 6) is -6.49. The number of hydrogen-bond donors (Lipinski definition) is 0. The smallest absolute Gasteiger partial charge is 0.190 e. The van der Waals surface area contributed by atoms with Gasteiger partial charge in [0.15, 0.2) is 5.57 Å². The molecule has 0 atom stereocenters. The molecule has 0 N–H and O–H groups in total. The van der Waals surface area contributed by atoms with Crippen molar-refractivity contribution in [3.05, 3.63) is 10.5 Å². The first-order valence-corrected chi connectivity index (χ1v) is 7.75. The van der Waals surface area contributed by atoms with Crippen LogP contribution in [0.5, 0.6) is 0 Å². The predicted octanol–water partition coefficient (Wildman–Crippen LogP) is 7.27. The monoisotopic (exact) mass is 462 g/mol. The van der Waals surface area contributed by atoms with Crippen LogP contribution >= 0.6 is 56.4 Å². The van der Waals surface area contributed by atoms with Crippen LogP contribution in [-0.2, 0) is 0 Å². The average Bonchev–Trinajstić information content (AvgIpc) is 2.16. The number of rotatable bonds is 3. The Kier molecular flexibility index (Phi) is 7.21. The molecule has 0 bridgehead atoms. The Balaban J connectivity index is 6.47. The van der Waals surface area contributed by atoms with Crippen molar-refractivity contribution in [2.45, 2.75) is 27.6 Å². The third kappa shape index (κ3) is 6.75. The van der Waals surface area contributed by atoms with Gasteiger partial charge in [-0.2, -0.15) is 48.3 Å². The molecule has 0 aliphatic rings. The summed E-state index contributed by atoms with van der Waals surface area (Å²) < 4.78 is 135. The maximum Gasteiger partial charge on any atom is 0.458 e. The highest BCUT2D eigenvalue weighted by Gasteiger charge is 2.66. The maximum absolute atomic E-state index is 13.1. The van der Waals surface area contributed by atoms with E-state index in [0.717, 1.165) is 0 Å². The second-order valence-corrected chi connectivity index (χ2v) is 8.69. The topological polar surface area (TPSA) is 0 Å². The Morgan fingerprint density at radius 1 is 0.652 bits per heavy atom. The van der Waals surface area contributed by atoms with Crippen LogP contribution in [0.2, 0.25) is 0 Å². The Labute approximate surface area is 143 Å². The maximum atomic E-state index is 13.1. The van der Waals surface area contributed by atoms with Crippen LogP contribution in [0.15, 0.2) is 10.5 Å². The van der Waals surface area contributed by atoms with Crippen LogP contribution in [0.1, 0.15) is 0 Å². The van der Waals surface area contributed by atoms with Crippen molar-refractivity contribution in [2.24, 2.45) is 0 Å². The van der Waals surface area contributed by atoms with E-state index in [2.05, 4.69) is 0 Å². The summed E-state index contributed by atoms with van der Waals surface area (Å²) in [6, 6.07) is 0. The van der Waals surface area contributed by atoms with E-state index in [1.807, 2.05) is 0 Å². The van der Waals surface area contributed by atoms with Crippen molar-refractivity contribution in [2.75, 3.05) is 0 Å². The van der Waals surface area contributed by atoms with Crippen LogP contribution in [0.25, 0.3) is 0 Å². The molecule has 0 spiro atoms. The van der Waals surface area contributed by atoms with Gasteiger partial charge in [0, 0.05) is 0 Å². The van der Waals surface area contributed by atoms with Gasteiger partial charge in [-0.15, -0.1) is 0 Å². The van der Waals surface area contributed by atoms with Gasteiger partial charge in [0.2, 0.25) is 3.12 Å². The molecule has 16 heteroatoms. The number of hydrogen-bond acceptors (Lipinski definition) is 2. The van der Waals surface area contributed by atoms with Crippen molar-refractivity contribution < 1.29 is 48.3 Å². The molecule has 0 amide bonds. The van der Waals surface area contributed by atoms with Crippen LogP contribution in [0, 0.1) is 0 Å². The first kappa shape index (κ1) is 23.5. The van der Waals surface area contributed by atoms with Crippen molar-refractivity contribution in [1.82, 2.24) is 0 Å². The molecule has 0 aliphatic carbocycles. The van der Waals surface area contributed by atoms with E-state index in [1.165, 1.54) is 0 Å². The number of halogens is 14. The highest BCUT2D eigenvalue weighted by molar-refractivity contribution is 8.79. The Morgan fingerprint density at radius 2 is 1.00 bits per heavy atom. The third-order valence-electron chi connectivity index (χ3n) is 1.65. The van der Waals surface area contributed by atoms with Crippen molar-refractivity contribution in [1.29, 1.82) is 0 Å². The van der Waals surface area contributed by atoms with E-state index in [9.17, 15) is 48.3 Å². The minimum absolute atomic E-state index is 0.680. The lowest BCUT2D eigenvalue weighted by molar-refractivity contribution is -0.264. The van der Waals surface area contributed by atoms with Gasteiger partial charge in [-0.05, 0) is 10.8 Å². The normalized spacial score (nSPS) is 14.9. The van der Waals surface area contributed by atoms with Gasteiger partial charge in [0.05, 0.1) is 4.91 Å². The zero-order valence-corrected chi connectivity index (χ0v) is 13.5. The van der Waals surface area contributed by atoms with E-state index in [4.69, 9.17) is 34.8 Å². The summed E-state index contributed by atoms with van der Waals surface area (Å²) in [6.07, 6.45) is -19.9. The van der Waals surface area contributed by atoms with Crippen LogP contribution in [0.4, 0.5) is 48.3 Å². The molecule has 23 heavy (non-hydrogen) atoms. The molecule has 138 valence electrons. The first-order valence-electron chi connectivity index (χ1n) is 4.47. The van der Waals surface area contributed by atoms with Crippen LogP contribution < -0.4 is 0 Å². The second kappa shape index (κ2) is 7.04. The molecule has 0 fully saturated rings. The SMILES string of the molecule is FC(F)(F)C(=C(SSC(Cl)(Cl)Cl)C(F)(F)C(F)(F)F)C(F)(F)F. The van der Waals surface area contributed by atoms with Crippen molar-refractivity contribution in [3.63, 3.8) is 0 Å². The molecular weight excluding hydrogens is 464 g/mol. The second-order valence-electron chi connectivity index (χ2n) is 3.38. The van der Waals surface area contributed by atoms with Crippen molar-refractivity contribution in [3.8, 4) is 0 Å². The van der Waals surface area contributed by atoms with E-state index in [1.54, 1.807) is 0 Å². The van der Waals surface area contributed by atoms with Gasteiger partial charge in [0.25, 0.3) is 0 Å². The minimum atomic E-state index is -6.74. The minimum Gasteiger partial charge on any atom is -0.190 e. The van der Waals surface area contributed by atoms with Crippen LogP contribution in [0.3, 0.4) is 0 Å². The molecule has 0 radical (unpaired) electrons. The highest BCUT2D eigenvalue weighted by Crippen LogP contribution is 2.59. The molecule has 0 aromatic heterocycles. The molecule has 0 aromatic carbocycles. The standard InChI is InChI=1S/C7Cl3F11S2/c8-7(9,10)23-22-2(3(11,12)6(19,20)21)1(4(13,14)15)5(16,17)18. The molecule has 0 unspecified atom stereocenters. The predicted molar refractivity (Wildman–Crippen MR) is 65.6 cm³/mol. The molecule has 0 aromatic rings. The van der Waals surface area contributed by atoms with Gasteiger partial charge in [-0.1, -0.05) is 45.6 Å². The molecule has 0 nitrogen and oxygen atoms in total. The fourth-order valence-electron chi connectivity index (χ4n) is 0.887. The molecule has 0 heterocycles. The summed E-state index contributed by atoms with van der Waals surface area (Å²) in [7, 11) is -1.97. The molecule has 0 saturated heterocycles. The zero-order valence-electron chi connectivity index (χ0n) is 9.61. The summed E-state index contributed by atoms with van der Waals surface area (Å²) in [5.41, 5.74) is -4.04. The van der Waals surface area contributed by atoms with E-state index >= 15 is 0 Å². The van der Waals surface area contributed by atoms with E-state index in [0.29, 0.717) is 0 Å². The van der Waals surface area contributed by atoms with Crippen LogP contribution in [-0.4, -0.2) is 27.6 Å². The van der Waals surface area contributed by atoms with Gasteiger partial charge < -0.3 is 0 Å². The quantitative estimate of drug-likeness (QED) is 0.245. The van der Waals surface area contributed by atoms with Gasteiger partial charge >= 0.3 is 24.5 Å².